The van der Waals surface area contributed by atoms with Gasteiger partial charge in [0.1, 0.15) is 6.29 Å². The zero-order valence-electron chi connectivity index (χ0n) is 13.1. The predicted octanol–water partition coefficient (Wildman–Crippen LogP) is 1.74. The maximum atomic E-state index is 11.0. The molecule has 6 heteroatoms. The third-order valence-corrected chi connectivity index (χ3v) is 4.21. The van der Waals surface area contributed by atoms with Crippen molar-refractivity contribution < 1.29 is 14.4 Å². The van der Waals surface area contributed by atoms with Crippen LogP contribution in [-0.4, -0.2) is 36.2 Å². The summed E-state index contributed by atoms with van der Waals surface area (Å²) in [5.41, 5.74) is 5.08. The third-order valence-electron chi connectivity index (χ3n) is 3.17. The minimum atomic E-state index is -0.243. The fraction of sp³-hybridized carbons (Fsp3) is 0.800. The molecule has 0 rings (SSSR count). The SMILES string of the molecule is CC(=O)SCC(CNCCCCCC(N)=O)CC(C)C=O. The van der Waals surface area contributed by atoms with E-state index < -0.39 is 0 Å². The molecule has 0 aliphatic carbocycles. The molecule has 0 aromatic carbocycles. The molecule has 0 aliphatic rings. The van der Waals surface area contributed by atoms with Gasteiger partial charge >= 0.3 is 0 Å². The number of nitrogens with one attached hydrogen (secondary N) is 1. The molecule has 122 valence electrons. The van der Waals surface area contributed by atoms with Gasteiger partial charge in [0.2, 0.25) is 5.91 Å². The highest BCUT2D eigenvalue weighted by atomic mass is 32.2. The monoisotopic (exact) mass is 316 g/mol. The summed E-state index contributed by atoms with van der Waals surface area (Å²) < 4.78 is 0. The molecule has 5 nitrogen and oxygen atoms in total. The third kappa shape index (κ3) is 13.8. The van der Waals surface area contributed by atoms with Gasteiger partial charge in [-0.05, 0) is 38.3 Å². The van der Waals surface area contributed by atoms with E-state index in [2.05, 4.69) is 5.32 Å². The zero-order valence-corrected chi connectivity index (χ0v) is 13.9. The van der Waals surface area contributed by atoms with Crippen LogP contribution in [0.4, 0.5) is 0 Å². The molecule has 1 amide bonds. The number of aldehydes is 1. The normalized spacial score (nSPS) is 13.6. The summed E-state index contributed by atoms with van der Waals surface area (Å²) in [7, 11) is 0. The molecule has 0 saturated carbocycles. The summed E-state index contributed by atoms with van der Waals surface area (Å²) in [4.78, 5) is 32.4. The Bertz CT molecular complexity index is 324. The summed E-state index contributed by atoms with van der Waals surface area (Å²) in [6, 6.07) is 0. The molecule has 3 N–H and O–H groups in total. The van der Waals surface area contributed by atoms with Gasteiger partial charge in [-0.1, -0.05) is 25.1 Å². The Morgan fingerprint density at radius 1 is 1.29 bits per heavy atom. The van der Waals surface area contributed by atoms with Gasteiger partial charge in [-0.15, -0.1) is 0 Å². The number of primary amides is 1. The van der Waals surface area contributed by atoms with Gasteiger partial charge in [-0.3, -0.25) is 9.59 Å². The van der Waals surface area contributed by atoms with Crippen LogP contribution in [0.15, 0.2) is 0 Å². The Balaban J connectivity index is 3.80. The van der Waals surface area contributed by atoms with Crippen LogP contribution in [0.5, 0.6) is 0 Å². The summed E-state index contributed by atoms with van der Waals surface area (Å²) in [5, 5.41) is 3.49. The van der Waals surface area contributed by atoms with Gasteiger partial charge in [0.15, 0.2) is 5.12 Å². The lowest BCUT2D eigenvalue weighted by Crippen LogP contribution is -2.27. The Labute approximate surface area is 131 Å². The molecule has 2 unspecified atom stereocenters. The first-order valence-corrected chi connectivity index (χ1v) is 8.52. The number of carbonyl (C=O) groups excluding carboxylic acids is 3. The molecule has 0 aromatic heterocycles. The maximum absolute atomic E-state index is 11.0. The summed E-state index contributed by atoms with van der Waals surface area (Å²) in [6.07, 6.45) is 5.04. The molecule has 0 saturated heterocycles. The average Bonchev–Trinajstić information content (AvgIpc) is 2.42. The molecule has 21 heavy (non-hydrogen) atoms. The van der Waals surface area contributed by atoms with Gasteiger partial charge in [0.25, 0.3) is 0 Å². The number of amides is 1. The standard InChI is InChI=1S/C15H28N2O3S/c1-12(10-18)8-14(11-21-13(2)19)9-17-7-5-3-4-6-15(16)20/h10,12,14,17H,3-9,11H2,1-2H3,(H2,16,20). The molecule has 0 heterocycles. The van der Waals surface area contributed by atoms with Gasteiger partial charge in [0, 0.05) is 25.0 Å². The van der Waals surface area contributed by atoms with Crippen molar-refractivity contribution in [3.8, 4) is 0 Å². The Kier molecular flexibility index (Phi) is 12.3. The second kappa shape index (κ2) is 12.8. The van der Waals surface area contributed by atoms with Crippen LogP contribution in [-0.2, 0) is 14.4 Å². The molecule has 0 radical (unpaired) electrons. The Morgan fingerprint density at radius 3 is 2.57 bits per heavy atom. The fourth-order valence-corrected chi connectivity index (χ4v) is 2.78. The summed E-state index contributed by atoms with van der Waals surface area (Å²) in [5.74, 6) is 0.860. The number of unbranched alkanes of at least 4 members (excludes halogenated alkanes) is 2. The van der Waals surface area contributed by atoms with Gasteiger partial charge < -0.3 is 15.8 Å². The number of carbonyl (C=O) groups is 3. The maximum Gasteiger partial charge on any atom is 0.217 e. The lowest BCUT2D eigenvalue weighted by molar-refractivity contribution is -0.118. The molecule has 2 atom stereocenters. The molecule has 0 aliphatic heterocycles. The first-order valence-electron chi connectivity index (χ1n) is 7.53. The molecular formula is C15H28N2O3S. The lowest BCUT2D eigenvalue weighted by atomic mass is 9.98. The minimum absolute atomic E-state index is 0.0277. The topological polar surface area (TPSA) is 89.3 Å². The largest absolute Gasteiger partial charge is 0.370 e. The Morgan fingerprint density at radius 2 is 2.00 bits per heavy atom. The van der Waals surface area contributed by atoms with E-state index in [-0.39, 0.29) is 16.9 Å². The molecular weight excluding hydrogens is 288 g/mol. The van der Waals surface area contributed by atoms with Crippen molar-refractivity contribution in [3.05, 3.63) is 0 Å². The summed E-state index contributed by atoms with van der Waals surface area (Å²) in [6.45, 7) is 5.17. The van der Waals surface area contributed by atoms with Crippen LogP contribution in [0.3, 0.4) is 0 Å². The highest BCUT2D eigenvalue weighted by Crippen LogP contribution is 2.16. The van der Waals surface area contributed by atoms with E-state index in [1.54, 1.807) is 6.92 Å². The lowest BCUT2D eigenvalue weighted by Gasteiger charge is -2.18. The van der Waals surface area contributed by atoms with E-state index in [1.807, 2.05) is 6.92 Å². The second-order valence-corrected chi connectivity index (χ2v) is 6.70. The average molecular weight is 316 g/mol. The first-order chi connectivity index (χ1) is 9.95. The van der Waals surface area contributed by atoms with Crippen LogP contribution < -0.4 is 11.1 Å². The van der Waals surface area contributed by atoms with Crippen molar-refractivity contribution in [2.75, 3.05) is 18.8 Å². The number of hydrogen-bond donors (Lipinski definition) is 2. The van der Waals surface area contributed by atoms with Crippen molar-refractivity contribution in [2.45, 2.75) is 46.0 Å². The van der Waals surface area contributed by atoms with Crippen LogP contribution in [0, 0.1) is 11.8 Å². The minimum Gasteiger partial charge on any atom is -0.370 e. The van der Waals surface area contributed by atoms with E-state index >= 15 is 0 Å². The number of nitrogens with two attached hydrogens (primary N) is 1. The zero-order chi connectivity index (χ0) is 16.1. The quantitative estimate of drug-likeness (QED) is 0.399. The predicted molar refractivity (Wildman–Crippen MR) is 87.0 cm³/mol. The van der Waals surface area contributed by atoms with Crippen LogP contribution in [0.2, 0.25) is 0 Å². The van der Waals surface area contributed by atoms with Gasteiger partial charge in [-0.2, -0.15) is 0 Å². The highest BCUT2D eigenvalue weighted by Gasteiger charge is 2.14. The van der Waals surface area contributed by atoms with Crippen molar-refractivity contribution in [2.24, 2.45) is 17.6 Å². The second-order valence-electron chi connectivity index (χ2n) is 5.50. The van der Waals surface area contributed by atoms with Crippen molar-refractivity contribution in [3.63, 3.8) is 0 Å². The number of rotatable bonds is 13. The smallest absolute Gasteiger partial charge is 0.217 e. The van der Waals surface area contributed by atoms with Gasteiger partial charge in [-0.25, -0.2) is 0 Å². The number of thioether (sulfide) groups is 1. The molecule has 0 aromatic rings. The van der Waals surface area contributed by atoms with E-state index in [0.29, 0.717) is 12.3 Å². The van der Waals surface area contributed by atoms with Crippen LogP contribution in [0.1, 0.15) is 46.0 Å². The first kappa shape index (κ1) is 20.1. The molecule has 0 spiro atoms. The molecule has 0 bridgehead atoms. The van der Waals surface area contributed by atoms with Crippen molar-refractivity contribution in [1.29, 1.82) is 0 Å². The summed E-state index contributed by atoms with van der Waals surface area (Å²) >= 11 is 1.32. The van der Waals surface area contributed by atoms with E-state index in [1.165, 1.54) is 11.8 Å². The van der Waals surface area contributed by atoms with Gasteiger partial charge in [0.05, 0.1) is 0 Å². The van der Waals surface area contributed by atoms with E-state index in [0.717, 1.165) is 50.8 Å². The van der Waals surface area contributed by atoms with Crippen LogP contribution >= 0.6 is 11.8 Å². The van der Waals surface area contributed by atoms with E-state index in [4.69, 9.17) is 5.73 Å². The van der Waals surface area contributed by atoms with Crippen molar-refractivity contribution in [1.82, 2.24) is 5.32 Å². The highest BCUT2D eigenvalue weighted by molar-refractivity contribution is 8.13. The Hall–Kier alpha value is -0.880. The van der Waals surface area contributed by atoms with Crippen molar-refractivity contribution >= 4 is 29.1 Å². The van der Waals surface area contributed by atoms with E-state index in [9.17, 15) is 14.4 Å². The fourth-order valence-electron chi connectivity index (χ4n) is 2.06. The molecule has 0 fully saturated rings. The van der Waals surface area contributed by atoms with Crippen LogP contribution in [0.25, 0.3) is 0 Å². The number of hydrogen-bond acceptors (Lipinski definition) is 5.